The van der Waals surface area contributed by atoms with Gasteiger partial charge < -0.3 is 0 Å². The van der Waals surface area contributed by atoms with E-state index in [0.29, 0.717) is 5.54 Å². The molecule has 0 aromatic rings. The van der Waals surface area contributed by atoms with Crippen LogP contribution in [0.4, 0.5) is 0 Å². The summed E-state index contributed by atoms with van der Waals surface area (Å²) in [6.07, 6.45) is 2.62. The Morgan fingerprint density at radius 1 is 1.27 bits per heavy atom. The molecule has 2 atom stereocenters. The molecule has 1 saturated heterocycles. The largest absolute Gasteiger partial charge is 0.294 e. The third-order valence-corrected chi connectivity index (χ3v) is 3.46. The van der Waals surface area contributed by atoms with Crippen LogP contribution in [0.15, 0.2) is 0 Å². The Morgan fingerprint density at radius 2 is 1.73 bits per heavy atom. The van der Waals surface area contributed by atoms with E-state index in [1.54, 1.807) is 0 Å². The van der Waals surface area contributed by atoms with Gasteiger partial charge in [0.15, 0.2) is 0 Å². The van der Waals surface area contributed by atoms with E-state index in [2.05, 4.69) is 39.6 Å². The van der Waals surface area contributed by atoms with Crippen molar-refractivity contribution >= 4 is 0 Å². The molecule has 1 fully saturated rings. The average Bonchev–Trinajstić information content (AvgIpc) is 2.56. The standard InChI is InChI=1S/C10H21N/c1-6-10(7-2)9(8(3)4)11(10)5/h8-9H,6-7H2,1-5H3/t9-,11?/m0/s1. The first kappa shape index (κ1) is 9.05. The van der Waals surface area contributed by atoms with Crippen molar-refractivity contribution in [3.63, 3.8) is 0 Å². The van der Waals surface area contributed by atoms with Crippen LogP contribution in [0.1, 0.15) is 40.5 Å². The third-order valence-electron chi connectivity index (χ3n) is 3.46. The van der Waals surface area contributed by atoms with Gasteiger partial charge in [-0.3, -0.25) is 4.90 Å². The van der Waals surface area contributed by atoms with Gasteiger partial charge in [-0.15, -0.1) is 0 Å². The van der Waals surface area contributed by atoms with Crippen LogP contribution in [0.25, 0.3) is 0 Å². The Balaban J connectivity index is 2.62. The molecule has 1 aliphatic heterocycles. The van der Waals surface area contributed by atoms with Crippen LogP contribution in [0.3, 0.4) is 0 Å². The SMILES string of the molecule is CCC1(CC)[C@H](C(C)C)N1C. The highest BCUT2D eigenvalue weighted by molar-refractivity contribution is 5.14. The lowest BCUT2D eigenvalue weighted by Gasteiger charge is -2.11. The van der Waals surface area contributed by atoms with Gasteiger partial charge in [0.05, 0.1) is 0 Å². The predicted molar refractivity (Wildman–Crippen MR) is 49.7 cm³/mol. The Hall–Kier alpha value is -0.0400. The van der Waals surface area contributed by atoms with Crippen molar-refractivity contribution in [2.75, 3.05) is 7.05 Å². The molecule has 0 saturated carbocycles. The van der Waals surface area contributed by atoms with Crippen LogP contribution in [0.5, 0.6) is 0 Å². The normalized spacial score (nSPS) is 34.4. The summed E-state index contributed by atoms with van der Waals surface area (Å²) >= 11 is 0. The molecule has 1 heteroatoms. The average molecular weight is 155 g/mol. The van der Waals surface area contributed by atoms with E-state index < -0.39 is 0 Å². The quantitative estimate of drug-likeness (QED) is 0.566. The molecular formula is C10H21N. The molecule has 1 nitrogen and oxygen atoms in total. The Bertz CT molecular complexity index is 136. The van der Waals surface area contributed by atoms with Crippen LogP contribution in [0, 0.1) is 5.92 Å². The van der Waals surface area contributed by atoms with E-state index in [0.717, 1.165) is 12.0 Å². The summed E-state index contributed by atoms with van der Waals surface area (Å²) in [4.78, 5) is 2.54. The minimum atomic E-state index is 0.564. The highest BCUT2D eigenvalue weighted by Crippen LogP contribution is 2.48. The molecule has 1 aliphatic rings. The summed E-state index contributed by atoms with van der Waals surface area (Å²) in [6.45, 7) is 9.27. The predicted octanol–water partition coefficient (Wildman–Crippen LogP) is 2.52. The molecule has 0 aromatic heterocycles. The molecule has 0 spiro atoms. The summed E-state index contributed by atoms with van der Waals surface area (Å²) in [5.74, 6) is 0.819. The van der Waals surface area contributed by atoms with Crippen molar-refractivity contribution in [1.29, 1.82) is 0 Å². The first-order chi connectivity index (χ1) is 5.10. The number of hydrogen-bond donors (Lipinski definition) is 0. The Morgan fingerprint density at radius 3 is 1.82 bits per heavy atom. The molecule has 66 valence electrons. The maximum absolute atomic E-state index is 2.54. The van der Waals surface area contributed by atoms with Gasteiger partial charge in [0.25, 0.3) is 0 Å². The van der Waals surface area contributed by atoms with Crippen molar-refractivity contribution in [1.82, 2.24) is 4.90 Å². The molecular weight excluding hydrogens is 134 g/mol. The van der Waals surface area contributed by atoms with Crippen molar-refractivity contribution in [2.45, 2.75) is 52.1 Å². The molecule has 11 heavy (non-hydrogen) atoms. The second kappa shape index (κ2) is 2.78. The van der Waals surface area contributed by atoms with Crippen LogP contribution in [-0.2, 0) is 0 Å². The lowest BCUT2D eigenvalue weighted by molar-refractivity contribution is 0.437. The first-order valence-corrected chi connectivity index (χ1v) is 4.83. The fourth-order valence-electron chi connectivity index (χ4n) is 2.79. The number of likely N-dealkylation sites (N-methyl/N-ethyl adjacent to an activating group) is 1. The zero-order chi connectivity index (χ0) is 8.65. The number of hydrogen-bond acceptors (Lipinski definition) is 1. The van der Waals surface area contributed by atoms with Crippen LogP contribution in [-0.4, -0.2) is 23.5 Å². The van der Waals surface area contributed by atoms with Gasteiger partial charge in [0, 0.05) is 11.6 Å². The Labute approximate surface area is 70.8 Å². The van der Waals surface area contributed by atoms with E-state index in [1.165, 1.54) is 12.8 Å². The maximum atomic E-state index is 2.54. The molecule has 0 bridgehead atoms. The molecule has 0 aromatic carbocycles. The highest BCUT2D eigenvalue weighted by Gasteiger charge is 2.58. The van der Waals surface area contributed by atoms with Crippen molar-refractivity contribution < 1.29 is 0 Å². The van der Waals surface area contributed by atoms with Gasteiger partial charge in [-0.1, -0.05) is 27.7 Å². The van der Waals surface area contributed by atoms with Crippen molar-refractivity contribution in [3.8, 4) is 0 Å². The molecule has 0 N–H and O–H groups in total. The zero-order valence-corrected chi connectivity index (χ0v) is 8.52. The van der Waals surface area contributed by atoms with Crippen LogP contribution in [0.2, 0.25) is 0 Å². The maximum Gasteiger partial charge on any atom is 0.0362 e. The summed E-state index contributed by atoms with van der Waals surface area (Å²) < 4.78 is 0. The summed E-state index contributed by atoms with van der Waals surface area (Å²) in [5.41, 5.74) is 0.564. The number of nitrogens with zero attached hydrogens (tertiary/aromatic N) is 1. The minimum Gasteiger partial charge on any atom is -0.294 e. The molecule has 0 amide bonds. The summed E-state index contributed by atoms with van der Waals surface area (Å²) in [5, 5.41) is 0. The van der Waals surface area contributed by atoms with E-state index in [1.807, 2.05) is 0 Å². The topological polar surface area (TPSA) is 3.01 Å². The summed E-state index contributed by atoms with van der Waals surface area (Å²) in [6, 6.07) is 0.845. The van der Waals surface area contributed by atoms with E-state index in [9.17, 15) is 0 Å². The third kappa shape index (κ3) is 1.10. The monoisotopic (exact) mass is 155 g/mol. The zero-order valence-electron chi connectivity index (χ0n) is 8.52. The van der Waals surface area contributed by atoms with E-state index in [-0.39, 0.29) is 0 Å². The Kier molecular flexibility index (Phi) is 2.29. The molecule has 1 unspecified atom stereocenters. The lowest BCUT2D eigenvalue weighted by Crippen LogP contribution is -2.16. The van der Waals surface area contributed by atoms with Gasteiger partial charge in [0.2, 0.25) is 0 Å². The lowest BCUT2D eigenvalue weighted by atomic mass is 9.93. The van der Waals surface area contributed by atoms with Gasteiger partial charge in [0.1, 0.15) is 0 Å². The fourth-order valence-corrected chi connectivity index (χ4v) is 2.79. The second-order valence-electron chi connectivity index (χ2n) is 4.11. The van der Waals surface area contributed by atoms with Crippen molar-refractivity contribution in [2.24, 2.45) is 5.92 Å². The fraction of sp³-hybridized carbons (Fsp3) is 1.00. The first-order valence-electron chi connectivity index (χ1n) is 4.83. The van der Waals surface area contributed by atoms with E-state index >= 15 is 0 Å². The van der Waals surface area contributed by atoms with Gasteiger partial charge >= 0.3 is 0 Å². The van der Waals surface area contributed by atoms with Crippen LogP contribution >= 0.6 is 0 Å². The molecule has 1 heterocycles. The molecule has 1 rings (SSSR count). The van der Waals surface area contributed by atoms with Gasteiger partial charge in [-0.25, -0.2) is 0 Å². The second-order valence-corrected chi connectivity index (χ2v) is 4.11. The molecule has 0 aliphatic carbocycles. The molecule has 0 radical (unpaired) electrons. The smallest absolute Gasteiger partial charge is 0.0362 e. The highest BCUT2D eigenvalue weighted by atomic mass is 15.4. The van der Waals surface area contributed by atoms with Gasteiger partial charge in [-0.2, -0.15) is 0 Å². The van der Waals surface area contributed by atoms with Crippen molar-refractivity contribution in [3.05, 3.63) is 0 Å². The summed E-state index contributed by atoms with van der Waals surface area (Å²) in [7, 11) is 2.26. The minimum absolute atomic E-state index is 0.564. The van der Waals surface area contributed by atoms with Gasteiger partial charge in [-0.05, 0) is 25.8 Å². The number of rotatable bonds is 3. The van der Waals surface area contributed by atoms with Crippen LogP contribution < -0.4 is 0 Å². The van der Waals surface area contributed by atoms with E-state index in [4.69, 9.17) is 0 Å².